The summed E-state index contributed by atoms with van der Waals surface area (Å²) in [5.74, 6) is -1.30. The van der Waals surface area contributed by atoms with E-state index in [1.165, 1.54) is 12.1 Å². The largest absolute Gasteiger partial charge is 0.444 e. The third-order valence-electron chi connectivity index (χ3n) is 5.50. The van der Waals surface area contributed by atoms with E-state index in [1.54, 1.807) is 11.0 Å². The molecule has 176 valence electrons. The average Bonchev–Trinajstić information content (AvgIpc) is 3.03. The molecule has 0 saturated carbocycles. The molecule has 0 spiro atoms. The summed E-state index contributed by atoms with van der Waals surface area (Å²) >= 11 is 3.15. The Morgan fingerprint density at radius 1 is 1.18 bits per heavy atom. The molecule has 1 aromatic heterocycles. The van der Waals surface area contributed by atoms with Crippen LogP contribution in [0, 0.1) is 18.6 Å². The van der Waals surface area contributed by atoms with Gasteiger partial charge in [0.2, 0.25) is 0 Å². The molecule has 1 saturated heterocycles. The molecule has 2 heterocycles. The molecule has 1 fully saturated rings. The number of aryl methyl sites for hydroxylation is 1. The number of nitrogens with zero attached hydrogens (tertiary/aromatic N) is 2. The van der Waals surface area contributed by atoms with Gasteiger partial charge in [-0.2, -0.15) is 0 Å². The molecule has 2 aromatic carbocycles. The molecule has 0 radical (unpaired) electrons. The predicted octanol–water partition coefficient (Wildman–Crippen LogP) is 6.29. The molecule has 3 aromatic rings. The molecular formula is C25H27BrF2N2O3. The highest BCUT2D eigenvalue weighted by Gasteiger charge is 2.29. The Balaban J connectivity index is 1.70. The second-order valence-electron chi connectivity index (χ2n) is 9.37. The lowest BCUT2D eigenvalue weighted by atomic mass is 10.1. The van der Waals surface area contributed by atoms with Crippen molar-refractivity contribution in [2.75, 3.05) is 19.7 Å². The Hall–Kier alpha value is -2.45. The zero-order valence-electron chi connectivity index (χ0n) is 19.1. The van der Waals surface area contributed by atoms with Gasteiger partial charge in [-0.15, -0.1) is 0 Å². The molecule has 1 atom stereocenters. The number of rotatable bonds is 3. The minimum atomic E-state index is -0.650. The van der Waals surface area contributed by atoms with E-state index in [2.05, 4.69) is 15.9 Å². The van der Waals surface area contributed by atoms with Crippen LogP contribution in [0.5, 0.6) is 0 Å². The first-order chi connectivity index (χ1) is 15.5. The molecule has 1 aliphatic rings. The lowest BCUT2D eigenvalue weighted by Crippen LogP contribution is -2.48. The molecule has 8 heteroatoms. The number of hydrogen-bond donors (Lipinski definition) is 0. The van der Waals surface area contributed by atoms with Crippen molar-refractivity contribution >= 4 is 32.9 Å². The smallest absolute Gasteiger partial charge is 0.410 e. The van der Waals surface area contributed by atoms with Crippen molar-refractivity contribution < 1.29 is 23.0 Å². The lowest BCUT2D eigenvalue weighted by molar-refractivity contribution is -0.0467. The second-order valence-corrected chi connectivity index (χ2v) is 10.3. The van der Waals surface area contributed by atoms with E-state index in [0.29, 0.717) is 36.4 Å². The Labute approximate surface area is 200 Å². The van der Waals surface area contributed by atoms with Gasteiger partial charge in [-0.25, -0.2) is 13.6 Å². The zero-order chi connectivity index (χ0) is 23.9. The Morgan fingerprint density at radius 3 is 2.55 bits per heavy atom. The van der Waals surface area contributed by atoms with E-state index in [1.807, 2.05) is 50.5 Å². The van der Waals surface area contributed by atoms with E-state index < -0.39 is 23.3 Å². The number of amides is 1. The van der Waals surface area contributed by atoms with E-state index in [4.69, 9.17) is 9.47 Å². The average molecular weight is 521 g/mol. The maximum atomic E-state index is 14.9. The van der Waals surface area contributed by atoms with Crippen LogP contribution in [0.2, 0.25) is 0 Å². The first kappa shape index (κ1) is 23.7. The number of benzene rings is 2. The SMILES string of the molecule is Cc1ccc2c(c1)cc(-c1c(F)cc(Br)cc1F)n2C[C@H]1CN(C(=O)OC(C)(C)C)CCO1. The highest BCUT2D eigenvalue weighted by Crippen LogP contribution is 2.34. The Kier molecular flexibility index (Phi) is 6.51. The van der Waals surface area contributed by atoms with Crippen molar-refractivity contribution in [1.29, 1.82) is 0 Å². The summed E-state index contributed by atoms with van der Waals surface area (Å²) in [5.41, 5.74) is 1.63. The van der Waals surface area contributed by atoms with Crippen LogP contribution in [0.3, 0.4) is 0 Å². The van der Waals surface area contributed by atoms with Gasteiger partial charge in [0.05, 0.1) is 37.1 Å². The standard InChI is InChI=1S/C25H27BrF2N2O3/c1-15-5-6-21-16(9-15)10-22(23-19(27)11-17(26)12-20(23)28)30(21)14-18-13-29(7-8-32-18)24(31)33-25(2,3)4/h5-6,9-12,18H,7-8,13-14H2,1-4H3/t18-/m1/s1. The highest BCUT2D eigenvalue weighted by molar-refractivity contribution is 9.10. The number of ether oxygens (including phenoxy) is 2. The molecular weight excluding hydrogens is 494 g/mol. The van der Waals surface area contributed by atoms with Crippen molar-refractivity contribution in [1.82, 2.24) is 9.47 Å². The highest BCUT2D eigenvalue weighted by atomic mass is 79.9. The van der Waals surface area contributed by atoms with Crippen LogP contribution < -0.4 is 0 Å². The zero-order valence-corrected chi connectivity index (χ0v) is 20.7. The fourth-order valence-corrected chi connectivity index (χ4v) is 4.51. The number of aromatic nitrogens is 1. The summed E-state index contributed by atoms with van der Waals surface area (Å²) in [7, 11) is 0. The molecule has 0 N–H and O–H groups in total. The molecule has 0 aliphatic carbocycles. The first-order valence-corrected chi connectivity index (χ1v) is 11.7. The van der Waals surface area contributed by atoms with Crippen molar-refractivity contribution in [2.24, 2.45) is 0 Å². The van der Waals surface area contributed by atoms with Gasteiger partial charge in [0.15, 0.2) is 0 Å². The maximum Gasteiger partial charge on any atom is 0.410 e. The number of halogens is 3. The number of hydrogen-bond acceptors (Lipinski definition) is 3. The number of carbonyl (C=O) groups excluding carboxylic acids is 1. The van der Waals surface area contributed by atoms with Gasteiger partial charge in [-0.3, -0.25) is 0 Å². The molecule has 33 heavy (non-hydrogen) atoms. The number of fused-ring (bicyclic) bond motifs is 1. The summed E-state index contributed by atoms with van der Waals surface area (Å²) in [6.45, 7) is 8.89. The van der Waals surface area contributed by atoms with Crippen LogP contribution >= 0.6 is 15.9 Å². The van der Waals surface area contributed by atoms with Gasteiger partial charge in [-0.1, -0.05) is 27.6 Å². The van der Waals surface area contributed by atoms with Crippen molar-refractivity contribution in [3.8, 4) is 11.3 Å². The third kappa shape index (κ3) is 5.22. The molecule has 1 aliphatic heterocycles. The van der Waals surface area contributed by atoms with Gasteiger partial charge >= 0.3 is 6.09 Å². The van der Waals surface area contributed by atoms with Gasteiger partial charge in [0, 0.05) is 21.9 Å². The van der Waals surface area contributed by atoms with E-state index >= 15 is 0 Å². The van der Waals surface area contributed by atoms with E-state index in [9.17, 15) is 13.6 Å². The topological polar surface area (TPSA) is 43.7 Å². The molecule has 1 amide bonds. The molecule has 0 unspecified atom stereocenters. The summed E-state index contributed by atoms with van der Waals surface area (Å²) in [6, 6.07) is 10.2. The maximum absolute atomic E-state index is 14.9. The summed E-state index contributed by atoms with van der Waals surface area (Å²) in [6.07, 6.45) is -0.752. The predicted molar refractivity (Wildman–Crippen MR) is 127 cm³/mol. The number of morpholine rings is 1. The van der Waals surface area contributed by atoms with Crippen LogP contribution in [0.25, 0.3) is 22.2 Å². The third-order valence-corrected chi connectivity index (χ3v) is 5.95. The fourth-order valence-electron chi connectivity index (χ4n) is 4.11. The quantitative estimate of drug-likeness (QED) is 0.407. The molecule has 5 nitrogen and oxygen atoms in total. The summed E-state index contributed by atoms with van der Waals surface area (Å²) in [5, 5.41) is 0.881. The minimum absolute atomic E-state index is 0.0909. The van der Waals surface area contributed by atoms with E-state index in [-0.39, 0.29) is 11.7 Å². The van der Waals surface area contributed by atoms with Crippen LogP contribution in [0.15, 0.2) is 40.9 Å². The van der Waals surface area contributed by atoms with Gasteiger partial charge < -0.3 is 18.9 Å². The van der Waals surface area contributed by atoms with Crippen LogP contribution in [-0.4, -0.2) is 47.0 Å². The minimum Gasteiger partial charge on any atom is -0.444 e. The second kappa shape index (κ2) is 9.06. The lowest BCUT2D eigenvalue weighted by Gasteiger charge is -2.34. The van der Waals surface area contributed by atoms with Crippen molar-refractivity contribution in [3.63, 3.8) is 0 Å². The van der Waals surface area contributed by atoms with Crippen LogP contribution in [0.4, 0.5) is 13.6 Å². The van der Waals surface area contributed by atoms with E-state index in [0.717, 1.165) is 16.5 Å². The van der Waals surface area contributed by atoms with Gasteiger partial charge in [0.1, 0.15) is 17.2 Å². The van der Waals surface area contributed by atoms with Crippen LogP contribution in [0.1, 0.15) is 26.3 Å². The van der Waals surface area contributed by atoms with Gasteiger partial charge in [-0.05, 0) is 58.0 Å². The van der Waals surface area contributed by atoms with Crippen molar-refractivity contribution in [3.05, 3.63) is 58.1 Å². The first-order valence-electron chi connectivity index (χ1n) is 10.9. The summed E-state index contributed by atoms with van der Waals surface area (Å²) in [4.78, 5) is 14.2. The molecule has 4 rings (SSSR count). The summed E-state index contributed by atoms with van der Waals surface area (Å²) < 4.78 is 43.5. The molecule has 0 bridgehead atoms. The Bertz CT molecular complexity index is 1180. The number of carbonyl (C=O) groups is 1. The monoisotopic (exact) mass is 520 g/mol. The van der Waals surface area contributed by atoms with Crippen LogP contribution in [-0.2, 0) is 16.0 Å². The Morgan fingerprint density at radius 2 is 1.88 bits per heavy atom. The van der Waals surface area contributed by atoms with Crippen molar-refractivity contribution in [2.45, 2.75) is 45.9 Å². The fraction of sp³-hybridized carbons (Fsp3) is 0.400. The normalized spacial score (nSPS) is 16.9. The van der Waals surface area contributed by atoms with Gasteiger partial charge in [0.25, 0.3) is 0 Å².